The number of H-pyrrole nitrogens is 1. The minimum Gasteiger partial charge on any atom is -0.387 e. The van der Waals surface area contributed by atoms with E-state index < -0.39 is 65.9 Å². The van der Waals surface area contributed by atoms with E-state index in [1.54, 1.807) is 36.4 Å². The number of rotatable bonds is 13. The van der Waals surface area contributed by atoms with Crippen molar-refractivity contribution >= 4 is 34.8 Å². The first-order chi connectivity index (χ1) is 20.6. The van der Waals surface area contributed by atoms with Gasteiger partial charge in [-0.3, -0.25) is 18.9 Å². The number of aromatic amines is 1. The van der Waals surface area contributed by atoms with E-state index in [9.17, 15) is 38.2 Å². The third kappa shape index (κ3) is 9.76. The van der Waals surface area contributed by atoms with E-state index in [-0.39, 0.29) is 6.61 Å². The molecule has 2 unspecified atom stereocenters. The average molecular weight is 678 g/mol. The van der Waals surface area contributed by atoms with E-state index in [4.69, 9.17) is 19.3 Å². The van der Waals surface area contributed by atoms with E-state index in [0.717, 1.165) is 16.8 Å². The molecule has 19 nitrogen and oxygen atoms in total. The molecule has 6 N–H and O–H groups in total. The van der Waals surface area contributed by atoms with Crippen LogP contribution >= 0.6 is 23.5 Å². The Bertz CT molecular complexity index is 1730. The molecule has 0 saturated carbocycles. The Balaban J connectivity index is 1.46. The first-order valence-corrected chi connectivity index (χ1v) is 16.7. The predicted molar refractivity (Wildman–Crippen MR) is 147 cm³/mol. The molecule has 6 atom stereocenters. The topological polar surface area (TPSA) is 278 Å². The zero-order valence-corrected chi connectivity index (χ0v) is 24.8. The van der Waals surface area contributed by atoms with Gasteiger partial charge in [0.1, 0.15) is 18.3 Å². The van der Waals surface area contributed by atoms with Crippen molar-refractivity contribution in [3.63, 3.8) is 0 Å². The summed E-state index contributed by atoms with van der Waals surface area (Å²) in [4.78, 5) is 62.4. The number of benzene rings is 2. The molecule has 1 fully saturated rings. The molecule has 0 spiro atoms. The highest BCUT2D eigenvalue weighted by molar-refractivity contribution is 7.66. The highest BCUT2D eigenvalue weighted by Gasteiger charge is 2.48. The third-order valence-corrected chi connectivity index (χ3v) is 9.47. The van der Waals surface area contributed by atoms with Crippen LogP contribution in [0.25, 0.3) is 0 Å². The van der Waals surface area contributed by atoms with Crippen molar-refractivity contribution in [2.75, 3.05) is 6.61 Å². The van der Waals surface area contributed by atoms with Crippen LogP contribution in [0, 0.1) is 0 Å². The number of aliphatic hydroxyl groups is 1. The van der Waals surface area contributed by atoms with Gasteiger partial charge in [0.2, 0.25) is 0 Å². The summed E-state index contributed by atoms with van der Waals surface area (Å²) in [6.45, 7) is -1.15. The van der Waals surface area contributed by atoms with Crippen molar-refractivity contribution in [3.05, 3.63) is 93.3 Å². The fourth-order valence-corrected chi connectivity index (χ4v) is 6.85. The van der Waals surface area contributed by atoms with Crippen molar-refractivity contribution in [3.8, 4) is 0 Å². The van der Waals surface area contributed by atoms with Crippen LogP contribution in [-0.4, -0.2) is 59.2 Å². The number of aromatic nitrogens is 2. The lowest BCUT2D eigenvalue weighted by Gasteiger charge is -2.22. The summed E-state index contributed by atoms with van der Waals surface area (Å²) in [6, 6.07) is 16.7. The number of phosphoric acid groups is 3. The van der Waals surface area contributed by atoms with Crippen LogP contribution in [0.3, 0.4) is 0 Å². The average Bonchev–Trinajstić information content (AvgIpc) is 3.23. The Kier molecular flexibility index (Phi) is 10.8. The van der Waals surface area contributed by atoms with E-state index in [2.05, 4.69) is 23.4 Å². The molecular weight excluding hydrogens is 653 g/mol. The molecule has 2 aromatic carbocycles. The van der Waals surface area contributed by atoms with Crippen LogP contribution in [0.2, 0.25) is 0 Å². The summed E-state index contributed by atoms with van der Waals surface area (Å²) < 4.78 is 58.7. The summed E-state index contributed by atoms with van der Waals surface area (Å²) in [6.07, 6.45) is -4.89. The molecule has 1 aliphatic rings. The van der Waals surface area contributed by atoms with E-state index in [1.807, 2.05) is 23.2 Å². The lowest BCUT2D eigenvalue weighted by Crippen LogP contribution is -2.39. The van der Waals surface area contributed by atoms with Gasteiger partial charge in [0.25, 0.3) is 5.56 Å². The highest BCUT2D eigenvalue weighted by Crippen LogP contribution is 2.66. The first-order valence-electron chi connectivity index (χ1n) is 12.2. The van der Waals surface area contributed by atoms with Gasteiger partial charge in [-0.05, 0) is 29.8 Å². The summed E-state index contributed by atoms with van der Waals surface area (Å²) in [7, 11) is -16.9. The zero-order valence-electron chi connectivity index (χ0n) is 22.1. The molecule has 238 valence electrons. The van der Waals surface area contributed by atoms with Gasteiger partial charge in [0.15, 0.2) is 6.23 Å². The van der Waals surface area contributed by atoms with Crippen LogP contribution in [0.4, 0.5) is 11.4 Å². The molecule has 44 heavy (non-hydrogen) atoms. The molecule has 1 saturated heterocycles. The molecule has 4 rings (SSSR count). The molecule has 1 aliphatic heterocycles. The van der Waals surface area contributed by atoms with E-state index in [0.29, 0.717) is 16.9 Å². The largest absolute Gasteiger partial charge is 0.490 e. The Morgan fingerprint density at radius 3 is 2.11 bits per heavy atom. The van der Waals surface area contributed by atoms with Gasteiger partial charge in [-0.1, -0.05) is 30.3 Å². The number of azo groups is 1. The van der Waals surface area contributed by atoms with Crippen LogP contribution in [0.5, 0.6) is 0 Å². The number of hydrogen-bond acceptors (Lipinski definition) is 13. The Hall–Kier alpha value is -2.99. The Morgan fingerprint density at radius 1 is 0.864 bits per heavy atom. The smallest absolute Gasteiger partial charge is 0.387 e. The van der Waals surface area contributed by atoms with E-state index in [1.165, 1.54) is 0 Å². The standard InChI is InChI=1S/C22H25N4O15P3/c27-18-10-11-26(22(29)23-18)21-20(37-12-14-6-8-16(9-7-14)25-24-15-4-2-1-3-5-15)19(28)17(39-21)13-38-43(33,34)41-44(35,36)40-42(30,31)32/h1-11,17,19-21,28H,12-13H2,(H,33,34)(H,35,36)(H,23,27,29)(H2,30,31,32)/t17-,19-,20-,21-/m1/s1. The third-order valence-electron chi connectivity index (χ3n) is 5.67. The Morgan fingerprint density at radius 2 is 1.50 bits per heavy atom. The molecule has 2 heterocycles. The zero-order chi connectivity index (χ0) is 32.1. The molecule has 0 aliphatic carbocycles. The quantitative estimate of drug-likeness (QED) is 0.112. The van der Waals surface area contributed by atoms with Gasteiger partial charge in [0, 0.05) is 12.3 Å². The van der Waals surface area contributed by atoms with Crippen molar-refractivity contribution in [1.29, 1.82) is 0 Å². The maximum Gasteiger partial charge on any atom is 0.490 e. The maximum atomic E-state index is 12.4. The second kappa shape index (κ2) is 14.0. The van der Waals surface area contributed by atoms with Gasteiger partial charge >= 0.3 is 29.2 Å². The second-order valence-electron chi connectivity index (χ2n) is 8.94. The van der Waals surface area contributed by atoms with Gasteiger partial charge in [0.05, 0.1) is 24.6 Å². The fraction of sp³-hybridized carbons (Fsp3) is 0.273. The Labute approximate surface area is 246 Å². The van der Waals surface area contributed by atoms with Gasteiger partial charge in [-0.25, -0.2) is 18.5 Å². The summed E-state index contributed by atoms with van der Waals surface area (Å²) >= 11 is 0. The van der Waals surface area contributed by atoms with Crippen LogP contribution in [-0.2, 0) is 42.9 Å². The molecule has 0 radical (unpaired) electrons. The van der Waals surface area contributed by atoms with Crippen molar-refractivity contribution in [2.24, 2.45) is 10.2 Å². The minimum absolute atomic E-state index is 0.140. The number of nitrogens with one attached hydrogen (secondary N) is 1. The van der Waals surface area contributed by atoms with E-state index >= 15 is 0 Å². The van der Waals surface area contributed by atoms with Crippen LogP contribution < -0.4 is 11.2 Å². The van der Waals surface area contributed by atoms with Crippen molar-refractivity contribution in [2.45, 2.75) is 31.1 Å². The molecule has 22 heteroatoms. The summed E-state index contributed by atoms with van der Waals surface area (Å²) in [5.74, 6) is 0. The van der Waals surface area contributed by atoms with Gasteiger partial charge in [-0.2, -0.15) is 18.8 Å². The molecule has 0 bridgehead atoms. The monoisotopic (exact) mass is 678 g/mol. The number of hydrogen-bond donors (Lipinski definition) is 6. The lowest BCUT2D eigenvalue weighted by molar-refractivity contribution is -0.0795. The number of aliphatic hydroxyl groups excluding tert-OH is 1. The lowest BCUT2D eigenvalue weighted by atomic mass is 10.1. The summed E-state index contributed by atoms with van der Waals surface area (Å²) in [5, 5.41) is 19.2. The normalized spacial score (nSPS) is 23.4. The number of ether oxygens (including phenoxy) is 2. The molecule has 3 aromatic rings. The fourth-order valence-electron chi connectivity index (χ4n) is 3.82. The van der Waals surface area contributed by atoms with Crippen LogP contribution in [0.15, 0.2) is 86.7 Å². The predicted octanol–water partition coefficient (Wildman–Crippen LogP) is 2.14. The first kappa shape index (κ1) is 33.9. The minimum atomic E-state index is -5.79. The van der Waals surface area contributed by atoms with Gasteiger partial charge < -0.3 is 34.2 Å². The number of phosphoric ester groups is 1. The highest BCUT2D eigenvalue weighted by atomic mass is 31.3. The second-order valence-corrected chi connectivity index (χ2v) is 13.4. The van der Waals surface area contributed by atoms with Crippen LogP contribution in [0.1, 0.15) is 11.8 Å². The number of nitrogens with zero attached hydrogens (tertiary/aromatic N) is 3. The SMILES string of the molecule is O=c1ccn([C@@H]2O[C@H](COP(=O)(O)OP(=O)(O)OP(=O)(O)O)[C@@H](O)[C@H]2OCc2ccc(N=Nc3ccccc3)cc2)c(=O)[nH]1. The van der Waals surface area contributed by atoms with Crippen molar-refractivity contribution in [1.82, 2.24) is 9.55 Å². The maximum absolute atomic E-state index is 12.4. The molecule has 0 amide bonds. The molecule has 1 aromatic heterocycles. The van der Waals surface area contributed by atoms with Gasteiger partial charge in [-0.15, -0.1) is 0 Å². The van der Waals surface area contributed by atoms with Crippen molar-refractivity contribution < 1.29 is 61.0 Å². The summed E-state index contributed by atoms with van der Waals surface area (Å²) in [5.41, 5.74) is 0.119. The molecular formula is C22H25N4O15P3.